The highest BCUT2D eigenvalue weighted by Gasteiger charge is 2.29. The van der Waals surface area contributed by atoms with E-state index in [1.165, 1.54) is 107 Å². The monoisotopic (exact) mass is 1750 g/mol. The third-order valence-electron chi connectivity index (χ3n) is 17.2. The smallest absolute Gasteiger partial charge is 0.194 e. The molecule has 0 saturated carbocycles. The fourth-order valence-electron chi connectivity index (χ4n) is 11.7. The zero-order chi connectivity index (χ0) is 81.6. The average molecular weight is 1750 g/mol. The highest BCUT2D eigenvalue weighted by atomic mass is 79.9. The van der Waals surface area contributed by atoms with Gasteiger partial charge in [0.15, 0.2) is 16.7 Å². The Balaban J connectivity index is 0.000000169. The first-order chi connectivity index (χ1) is 54.9. The van der Waals surface area contributed by atoms with Crippen molar-refractivity contribution in [2.75, 3.05) is 0 Å². The lowest BCUT2D eigenvalue weighted by molar-refractivity contribution is 0.0979. The van der Waals surface area contributed by atoms with Crippen LogP contribution >= 0.6 is 121 Å². The number of benzene rings is 12. The van der Waals surface area contributed by atoms with Crippen LogP contribution in [-0.2, 0) is 40.3 Å². The van der Waals surface area contributed by atoms with Crippen LogP contribution in [-0.4, -0.2) is 57.0 Å². The molecule has 14 aromatic rings. The number of rotatable bonds is 14. The summed E-state index contributed by atoms with van der Waals surface area (Å²) in [6, 6.07) is 84.2. The second kappa shape index (κ2) is 46.5. The lowest BCUT2D eigenvalue weighted by Gasteiger charge is -2.17. The van der Waals surface area contributed by atoms with Gasteiger partial charge in [0, 0.05) is 106 Å². The lowest BCUT2D eigenvalue weighted by atomic mass is 9.83. The van der Waals surface area contributed by atoms with E-state index >= 15 is 0 Å². The van der Waals surface area contributed by atoms with E-state index in [0.717, 1.165) is 87.2 Å². The van der Waals surface area contributed by atoms with Gasteiger partial charge in [-0.3, -0.25) is 57.4 Å². The van der Waals surface area contributed by atoms with Crippen molar-refractivity contribution in [1.82, 2.24) is 9.97 Å². The predicted octanol–water partition coefficient (Wildman–Crippen LogP) is 28.5. The molecule has 2 aromatic heterocycles. The van der Waals surface area contributed by atoms with Crippen LogP contribution in [0.2, 0.25) is 10.0 Å². The number of nitrogens with zero attached hydrogens (tertiary/aromatic N) is 2. The molecule has 1 aliphatic rings. The van der Waals surface area contributed by atoms with Gasteiger partial charge in [-0.25, -0.2) is 0 Å². The molecule has 0 saturated heterocycles. The van der Waals surface area contributed by atoms with Crippen molar-refractivity contribution in [1.29, 1.82) is 37.9 Å². The van der Waals surface area contributed by atoms with E-state index in [9.17, 15) is 9.59 Å². The van der Waals surface area contributed by atoms with Gasteiger partial charge in [0.25, 0.3) is 0 Å². The predicted molar refractivity (Wildman–Crippen MR) is 515 cm³/mol. The number of para-hydroxylation sites is 1. The summed E-state index contributed by atoms with van der Waals surface area (Å²) < 4.78 is 1.15. The highest BCUT2D eigenvalue weighted by Crippen LogP contribution is 2.36. The number of hydrogen-bond donors (Lipinski definition) is 8. The standard InChI is InChI=1S/C17H13NO2S.C17H15NS.C13H12BrNS.C13H12ClNS.C12H11ClN2S.C12H12N2S.C8H10N2S.CH4/c1-10(18)21-9-11-6-7-14-15(8-11)17(20)13-5-3-2-4-12(13)16(14)19;1-12(18)19-11-17-15-8-4-2-6-13(15)10-14-7-3-5-9-16(14)17;1-9(15)16-8-11-7-6-10-4-2-3-5-12(10)13(11)14;1-9(15)16-8-10-6-7-13(14)12-5-3-2-4-11(10)12;13-11-6-5-8(7-16-12(14)15)9-3-1-2-4-10(9)11;1-9(13)15-8-11-7-6-10-4-2-3-5-12(10)14-11;1-7(9)11-6-8-2-4-10-5-3-8;/h2-8,18H,9H2,1H3;2-10,18H,11H2,1H3;2*2-7,15H,8H2,1H3;1-6H,7H2,(H3,14,15);2-7,13H,8H2,1H3;2-5,9H,6H2,1H3;1H4. The van der Waals surface area contributed by atoms with E-state index in [4.69, 9.17) is 66.8 Å². The summed E-state index contributed by atoms with van der Waals surface area (Å²) in [6.07, 6.45) is 3.55. The van der Waals surface area contributed by atoms with E-state index < -0.39 is 0 Å². The number of ketones is 2. The highest BCUT2D eigenvalue weighted by molar-refractivity contribution is 9.10. The molecule has 0 spiro atoms. The summed E-state index contributed by atoms with van der Waals surface area (Å²) in [5.41, 5.74) is 16.4. The second-order valence-electron chi connectivity index (χ2n) is 25.7. The number of aromatic nitrogens is 2. The Kier molecular flexibility index (Phi) is 37.0. The van der Waals surface area contributed by atoms with Gasteiger partial charge in [-0.1, -0.05) is 243 Å². The molecule has 12 aromatic carbocycles. The summed E-state index contributed by atoms with van der Waals surface area (Å²) in [4.78, 5) is 33.4. The Hall–Kier alpha value is -9.16. The molecule has 1 aliphatic carbocycles. The number of carbonyl (C=O) groups excluding carboxylic acids is 2. The van der Waals surface area contributed by atoms with Gasteiger partial charge in [-0.05, 0) is 189 Å². The van der Waals surface area contributed by atoms with Crippen molar-refractivity contribution in [3.63, 3.8) is 0 Å². The maximum atomic E-state index is 12.5. The minimum Gasteiger partial charge on any atom is -0.379 e. The number of nitrogens with one attached hydrogen (secondary N) is 7. The molecule has 0 atom stereocenters. The van der Waals surface area contributed by atoms with Crippen molar-refractivity contribution < 1.29 is 9.59 Å². The van der Waals surface area contributed by atoms with Crippen molar-refractivity contribution >= 4 is 233 Å². The fraction of sp³-hybridized carbons (Fsp3) is 0.151. The van der Waals surface area contributed by atoms with E-state index in [-0.39, 0.29) is 24.2 Å². The largest absolute Gasteiger partial charge is 0.379 e. The summed E-state index contributed by atoms with van der Waals surface area (Å²) in [7, 11) is 0. The average Bonchev–Trinajstić information content (AvgIpc) is 0.763. The number of halogens is 3. The number of pyridine rings is 2. The minimum absolute atomic E-state index is 0. The molecule has 0 fully saturated rings. The SMILES string of the molecule is C.CC(=N)SCc1c2ccccc2cc2ccccc12.CC(=N)SCc1ccc(Cl)c2ccccc12.CC(=N)SCc1ccc2c(c1)C(=O)c1ccccc1C2=O.CC(=N)SCc1ccc2ccccc2c1Br.CC(=N)SCc1ccc2ccccc2n1.CC(=N)SCc1ccncc1.N=C(N)SCc1ccc(Cl)c2ccccc12. The molecule has 586 valence electrons. The molecule has 2 heterocycles. The topological polar surface area (TPSA) is 253 Å². The third-order valence-corrected chi connectivity index (χ3v) is 24.9. The van der Waals surface area contributed by atoms with Crippen LogP contribution < -0.4 is 5.73 Å². The zero-order valence-electron chi connectivity index (χ0n) is 63.6. The molecule has 22 heteroatoms. The molecule has 0 aliphatic heterocycles. The number of carbonyl (C=O) groups is 2. The number of fused-ring (bicyclic) bond motifs is 8. The molecule has 9 N–H and O–H groups in total. The summed E-state index contributed by atoms with van der Waals surface area (Å²) >= 11 is 26.4. The van der Waals surface area contributed by atoms with E-state index in [2.05, 4.69) is 123 Å². The Morgan fingerprint density at radius 3 is 1.25 bits per heavy atom. The molecule has 115 heavy (non-hydrogen) atoms. The van der Waals surface area contributed by atoms with Gasteiger partial charge in [0.2, 0.25) is 0 Å². The Labute approximate surface area is 722 Å². The quantitative estimate of drug-likeness (QED) is 0.0288. The van der Waals surface area contributed by atoms with Crippen molar-refractivity contribution in [3.05, 3.63) is 343 Å². The van der Waals surface area contributed by atoms with Crippen LogP contribution in [0, 0.1) is 37.9 Å². The molecule has 0 unspecified atom stereocenters. The van der Waals surface area contributed by atoms with Gasteiger partial charge < -0.3 is 5.73 Å². The first-order valence-electron chi connectivity index (χ1n) is 35.9. The van der Waals surface area contributed by atoms with Crippen LogP contribution in [0.5, 0.6) is 0 Å². The fourth-order valence-corrected chi connectivity index (χ4v) is 17.1. The van der Waals surface area contributed by atoms with Gasteiger partial charge >= 0.3 is 0 Å². The summed E-state index contributed by atoms with van der Waals surface area (Å²) in [6.45, 7) is 10.8. The van der Waals surface area contributed by atoms with Crippen LogP contribution in [0.15, 0.2) is 272 Å². The van der Waals surface area contributed by atoms with Crippen molar-refractivity contribution in [2.45, 2.75) is 89.2 Å². The van der Waals surface area contributed by atoms with Crippen LogP contribution in [0.4, 0.5) is 0 Å². The van der Waals surface area contributed by atoms with Crippen LogP contribution in [0.25, 0.3) is 64.8 Å². The molecule has 15 rings (SSSR count). The Morgan fingerprint density at radius 1 is 0.348 bits per heavy atom. The Bertz CT molecular complexity index is 5690. The molecular weight excluding hydrogens is 1660 g/mol. The molecule has 0 amide bonds. The van der Waals surface area contributed by atoms with E-state index in [1.54, 1.807) is 105 Å². The van der Waals surface area contributed by atoms with E-state index in [0.29, 0.717) is 64.0 Å². The number of amidine groups is 1. The van der Waals surface area contributed by atoms with E-state index in [1.807, 2.05) is 142 Å². The molecule has 12 nitrogen and oxygen atoms in total. The normalized spacial score (nSPS) is 10.9. The van der Waals surface area contributed by atoms with Crippen LogP contribution in [0.1, 0.15) is 120 Å². The lowest BCUT2D eigenvalue weighted by Crippen LogP contribution is -2.20. The number of thioether (sulfide) groups is 7. The second-order valence-corrected chi connectivity index (χ2v) is 35.5. The number of hydrogen-bond acceptors (Lipinski definition) is 18. The van der Waals surface area contributed by atoms with Crippen LogP contribution in [0.3, 0.4) is 0 Å². The molecular formula is C93H89BrCl2N10O2S7. The van der Waals surface area contributed by atoms with Gasteiger partial charge in [-0.2, -0.15) is 0 Å². The van der Waals surface area contributed by atoms with Crippen molar-refractivity contribution in [3.8, 4) is 0 Å². The summed E-state index contributed by atoms with van der Waals surface area (Å²) in [5.74, 6) is 5.32. The first kappa shape index (κ1) is 91.4. The maximum Gasteiger partial charge on any atom is 0.194 e. The molecule has 0 bridgehead atoms. The van der Waals surface area contributed by atoms with Gasteiger partial charge in [-0.15, -0.1) is 70.6 Å². The minimum atomic E-state index is -0.0985. The van der Waals surface area contributed by atoms with Crippen molar-refractivity contribution in [2.24, 2.45) is 5.73 Å². The third kappa shape index (κ3) is 27.8. The maximum absolute atomic E-state index is 12.5. The summed E-state index contributed by atoms with van der Waals surface area (Å²) in [5, 5.41) is 70.4. The van der Waals surface area contributed by atoms with Gasteiger partial charge in [0.05, 0.1) is 41.5 Å². The van der Waals surface area contributed by atoms with Gasteiger partial charge in [0.1, 0.15) is 0 Å². The first-order valence-corrected chi connectivity index (χ1v) is 44.3. The zero-order valence-corrected chi connectivity index (χ0v) is 72.4. The Morgan fingerprint density at radius 2 is 0.730 bits per heavy atom. The molecule has 0 radical (unpaired) electrons. The number of nitrogens with two attached hydrogens (primary N) is 1.